The summed E-state index contributed by atoms with van der Waals surface area (Å²) < 4.78 is 5.36. The molecule has 5 rings (SSSR count). The van der Waals surface area contributed by atoms with Crippen LogP contribution in [0.15, 0.2) is 76.5 Å². The molecule has 2 aliphatic rings. The highest BCUT2D eigenvalue weighted by Crippen LogP contribution is 2.37. The second-order valence-corrected chi connectivity index (χ2v) is 9.60. The molecule has 6 heteroatoms. The van der Waals surface area contributed by atoms with Crippen molar-refractivity contribution in [2.24, 2.45) is 0 Å². The molecule has 1 saturated heterocycles. The van der Waals surface area contributed by atoms with Crippen molar-refractivity contribution in [2.75, 3.05) is 31.6 Å². The van der Waals surface area contributed by atoms with Crippen LogP contribution in [0.4, 0.5) is 5.69 Å². The topological polar surface area (TPSA) is 49.9 Å². The van der Waals surface area contributed by atoms with Gasteiger partial charge < -0.3 is 14.5 Å². The highest BCUT2D eigenvalue weighted by Gasteiger charge is 2.29. The quantitative estimate of drug-likeness (QED) is 0.557. The van der Waals surface area contributed by atoms with E-state index in [0.717, 1.165) is 45.4 Å². The second-order valence-electron chi connectivity index (χ2n) is 8.52. The van der Waals surface area contributed by atoms with Crippen LogP contribution < -0.4 is 9.64 Å². The molecule has 2 aliphatic heterocycles. The van der Waals surface area contributed by atoms with Gasteiger partial charge in [-0.05, 0) is 48.9 Å². The Labute approximate surface area is 198 Å². The maximum Gasteiger partial charge on any atom is 0.254 e. The zero-order chi connectivity index (χ0) is 22.9. The zero-order valence-electron chi connectivity index (χ0n) is 18.8. The van der Waals surface area contributed by atoms with Gasteiger partial charge in [0.1, 0.15) is 5.75 Å². The lowest BCUT2D eigenvalue weighted by atomic mass is 10.0. The van der Waals surface area contributed by atoms with E-state index < -0.39 is 0 Å². The Balaban J connectivity index is 1.33. The van der Waals surface area contributed by atoms with E-state index in [1.807, 2.05) is 65.6 Å². The molecule has 0 radical (unpaired) electrons. The number of amides is 1. The normalized spacial score (nSPS) is 17.8. The summed E-state index contributed by atoms with van der Waals surface area (Å²) in [4.78, 5) is 32.5. The van der Waals surface area contributed by atoms with Crippen molar-refractivity contribution in [3.8, 4) is 5.75 Å². The van der Waals surface area contributed by atoms with E-state index >= 15 is 0 Å². The van der Waals surface area contributed by atoms with Crippen LogP contribution in [0.5, 0.6) is 5.75 Å². The number of carbonyl (C=O) groups excluding carboxylic acids is 2. The first-order chi connectivity index (χ1) is 16.0. The van der Waals surface area contributed by atoms with Crippen molar-refractivity contribution < 1.29 is 14.3 Å². The summed E-state index contributed by atoms with van der Waals surface area (Å²) in [6, 6.07) is 21.6. The predicted molar refractivity (Wildman–Crippen MR) is 131 cm³/mol. The van der Waals surface area contributed by atoms with Gasteiger partial charge in [0.15, 0.2) is 5.78 Å². The third kappa shape index (κ3) is 4.23. The number of fused-ring (bicyclic) bond motifs is 2. The van der Waals surface area contributed by atoms with Crippen LogP contribution in [0.1, 0.15) is 33.2 Å². The van der Waals surface area contributed by atoms with Gasteiger partial charge >= 0.3 is 0 Å². The Bertz CT molecular complexity index is 1230. The van der Waals surface area contributed by atoms with E-state index in [9.17, 15) is 9.59 Å². The standard InChI is InChI=1S/C27H26N2O3S/c1-18-17-28(21-6-5-7-22(16-21)32-2)12-13-29(18)27(31)19-10-11-25-20(14-19)15-24(30)23-8-3-4-9-26(23)33-25/h3-11,14,16,18H,12-13,15,17H2,1-2H3. The first kappa shape index (κ1) is 21.6. The van der Waals surface area contributed by atoms with Gasteiger partial charge in [-0.3, -0.25) is 9.59 Å². The Hall–Kier alpha value is -3.25. The van der Waals surface area contributed by atoms with Crippen molar-refractivity contribution >= 4 is 29.1 Å². The number of carbonyl (C=O) groups is 2. The van der Waals surface area contributed by atoms with E-state index in [1.165, 1.54) is 0 Å². The van der Waals surface area contributed by atoms with Gasteiger partial charge in [0.05, 0.1) is 7.11 Å². The number of hydrogen-bond donors (Lipinski definition) is 0. The molecule has 1 amide bonds. The lowest BCUT2D eigenvalue weighted by Crippen LogP contribution is -2.54. The Morgan fingerprint density at radius 2 is 1.85 bits per heavy atom. The number of rotatable bonds is 3. The van der Waals surface area contributed by atoms with Crippen LogP contribution in [0.2, 0.25) is 0 Å². The molecule has 0 spiro atoms. The monoisotopic (exact) mass is 458 g/mol. The number of ketones is 1. The fourth-order valence-corrected chi connectivity index (χ4v) is 5.66. The van der Waals surface area contributed by atoms with Crippen LogP contribution in [-0.4, -0.2) is 49.4 Å². The van der Waals surface area contributed by atoms with Crippen LogP contribution in [-0.2, 0) is 6.42 Å². The first-order valence-corrected chi connectivity index (χ1v) is 12.0. The molecule has 0 bridgehead atoms. The van der Waals surface area contributed by atoms with Crippen molar-refractivity contribution in [3.05, 3.63) is 83.4 Å². The summed E-state index contributed by atoms with van der Waals surface area (Å²) in [5.41, 5.74) is 3.44. The Kier molecular flexibility index (Phi) is 5.85. The summed E-state index contributed by atoms with van der Waals surface area (Å²) in [7, 11) is 1.67. The summed E-state index contributed by atoms with van der Waals surface area (Å²) >= 11 is 1.60. The average Bonchev–Trinajstić information content (AvgIpc) is 2.98. The summed E-state index contributed by atoms with van der Waals surface area (Å²) in [6.45, 7) is 4.25. The molecule has 0 aromatic heterocycles. The molecular weight excluding hydrogens is 432 g/mol. The molecule has 1 atom stereocenters. The van der Waals surface area contributed by atoms with Crippen molar-refractivity contribution in [3.63, 3.8) is 0 Å². The van der Waals surface area contributed by atoms with Crippen molar-refractivity contribution in [1.82, 2.24) is 4.90 Å². The SMILES string of the molecule is COc1cccc(N2CCN(C(=O)c3ccc4c(c3)CC(=O)c3ccccc3S4)C(C)C2)c1. The van der Waals surface area contributed by atoms with Crippen molar-refractivity contribution in [2.45, 2.75) is 29.2 Å². The largest absolute Gasteiger partial charge is 0.497 e. The van der Waals surface area contributed by atoms with E-state index in [1.54, 1.807) is 18.9 Å². The molecule has 33 heavy (non-hydrogen) atoms. The predicted octanol–water partition coefficient (Wildman–Crippen LogP) is 4.94. The zero-order valence-corrected chi connectivity index (χ0v) is 19.6. The molecule has 0 aliphatic carbocycles. The number of nitrogens with zero attached hydrogens (tertiary/aromatic N) is 2. The molecule has 5 nitrogen and oxygen atoms in total. The number of piperazine rings is 1. The van der Waals surface area contributed by atoms with Crippen LogP contribution in [0.25, 0.3) is 0 Å². The third-order valence-corrected chi connectivity index (χ3v) is 7.57. The fraction of sp³-hybridized carbons (Fsp3) is 0.259. The van der Waals surface area contributed by atoms with E-state index in [0.29, 0.717) is 18.5 Å². The summed E-state index contributed by atoms with van der Waals surface area (Å²) in [5, 5.41) is 0. The molecule has 0 N–H and O–H groups in total. The van der Waals surface area contributed by atoms with E-state index in [-0.39, 0.29) is 17.7 Å². The number of benzene rings is 3. The number of methoxy groups -OCH3 is 1. The lowest BCUT2D eigenvalue weighted by Gasteiger charge is -2.41. The van der Waals surface area contributed by atoms with Gasteiger partial charge in [0, 0.05) is 64.8 Å². The molecule has 3 aromatic rings. The van der Waals surface area contributed by atoms with Crippen LogP contribution in [0.3, 0.4) is 0 Å². The number of Topliss-reactive ketones (excluding diaryl/α,β-unsaturated/α-hetero) is 1. The Morgan fingerprint density at radius 1 is 1.00 bits per heavy atom. The number of anilines is 1. The molecule has 168 valence electrons. The molecule has 2 heterocycles. The fourth-order valence-electron chi connectivity index (χ4n) is 4.59. The maximum absolute atomic E-state index is 13.4. The highest BCUT2D eigenvalue weighted by molar-refractivity contribution is 7.99. The van der Waals surface area contributed by atoms with Gasteiger partial charge in [-0.25, -0.2) is 0 Å². The van der Waals surface area contributed by atoms with Crippen LogP contribution >= 0.6 is 11.8 Å². The van der Waals surface area contributed by atoms with Crippen molar-refractivity contribution in [1.29, 1.82) is 0 Å². The third-order valence-electron chi connectivity index (χ3n) is 6.37. The second kappa shape index (κ2) is 8.94. The molecule has 1 fully saturated rings. The molecule has 0 saturated carbocycles. The van der Waals surface area contributed by atoms with E-state index in [2.05, 4.69) is 17.9 Å². The minimum absolute atomic E-state index is 0.0230. The first-order valence-electron chi connectivity index (χ1n) is 11.2. The average molecular weight is 459 g/mol. The molecule has 3 aromatic carbocycles. The molecular formula is C27H26N2O3S. The van der Waals surface area contributed by atoms with Gasteiger partial charge in [0.2, 0.25) is 0 Å². The maximum atomic E-state index is 13.4. The summed E-state index contributed by atoms with van der Waals surface area (Å²) in [5.74, 6) is 0.953. The lowest BCUT2D eigenvalue weighted by molar-refractivity contribution is 0.0673. The van der Waals surface area contributed by atoms with Gasteiger partial charge in [-0.15, -0.1) is 0 Å². The van der Waals surface area contributed by atoms with Gasteiger partial charge in [0.25, 0.3) is 5.91 Å². The highest BCUT2D eigenvalue weighted by atomic mass is 32.2. The smallest absolute Gasteiger partial charge is 0.254 e. The van der Waals surface area contributed by atoms with Crippen LogP contribution in [0, 0.1) is 0 Å². The molecule has 1 unspecified atom stereocenters. The minimum Gasteiger partial charge on any atom is -0.497 e. The summed E-state index contributed by atoms with van der Waals surface area (Å²) in [6.07, 6.45) is 0.319. The Morgan fingerprint density at radius 3 is 2.67 bits per heavy atom. The van der Waals surface area contributed by atoms with E-state index in [4.69, 9.17) is 4.74 Å². The number of hydrogen-bond acceptors (Lipinski definition) is 5. The number of ether oxygens (including phenoxy) is 1. The minimum atomic E-state index is 0.0230. The van der Waals surface area contributed by atoms with Gasteiger partial charge in [-0.1, -0.05) is 36.0 Å². The van der Waals surface area contributed by atoms with Gasteiger partial charge in [-0.2, -0.15) is 0 Å².